The maximum absolute atomic E-state index is 6.30. The lowest BCUT2D eigenvalue weighted by atomic mass is 10.1. The van der Waals surface area contributed by atoms with E-state index >= 15 is 0 Å². The van der Waals surface area contributed by atoms with Gasteiger partial charge in [-0.15, -0.1) is 0 Å². The Morgan fingerprint density at radius 1 is 1.29 bits per heavy atom. The summed E-state index contributed by atoms with van der Waals surface area (Å²) in [5.41, 5.74) is 6.65. The van der Waals surface area contributed by atoms with Gasteiger partial charge in [-0.1, -0.05) is 11.6 Å². The minimum Gasteiger partial charge on any atom is -0.493 e. The minimum absolute atomic E-state index is 0.593. The van der Waals surface area contributed by atoms with Gasteiger partial charge >= 0.3 is 0 Å². The lowest BCUT2D eigenvalue weighted by molar-refractivity contribution is 0.254. The van der Waals surface area contributed by atoms with Crippen molar-refractivity contribution in [1.82, 2.24) is 4.90 Å². The molecule has 2 rings (SSSR count). The molecule has 1 aliphatic rings. The summed E-state index contributed by atoms with van der Waals surface area (Å²) in [4.78, 5) is 2.48. The lowest BCUT2D eigenvalue weighted by Gasteiger charge is -2.16. The van der Waals surface area contributed by atoms with Gasteiger partial charge in [0.1, 0.15) is 0 Å². The van der Waals surface area contributed by atoms with Gasteiger partial charge in [-0.05, 0) is 63.0 Å². The molecule has 1 fully saturated rings. The summed E-state index contributed by atoms with van der Waals surface area (Å²) in [6.45, 7) is 4.78. The number of benzene rings is 1. The zero-order valence-corrected chi connectivity index (χ0v) is 13.5. The maximum atomic E-state index is 6.30. The molecule has 1 aromatic carbocycles. The van der Waals surface area contributed by atoms with Gasteiger partial charge in [-0.2, -0.15) is 0 Å². The summed E-state index contributed by atoms with van der Waals surface area (Å²) in [6, 6.07) is 3.86. The van der Waals surface area contributed by atoms with Crippen molar-refractivity contribution in [2.45, 2.75) is 25.7 Å². The quantitative estimate of drug-likeness (QED) is 0.750. The summed E-state index contributed by atoms with van der Waals surface area (Å²) in [5, 5.41) is 0.596. The molecule has 0 radical (unpaired) electrons. The van der Waals surface area contributed by atoms with Crippen molar-refractivity contribution < 1.29 is 9.47 Å². The Kier molecular flexibility index (Phi) is 6.61. The molecule has 1 saturated heterocycles. The van der Waals surface area contributed by atoms with Gasteiger partial charge in [0.25, 0.3) is 0 Å². The third kappa shape index (κ3) is 4.77. The van der Waals surface area contributed by atoms with Crippen molar-refractivity contribution in [2.75, 3.05) is 39.9 Å². The number of hydrogen-bond donors (Lipinski definition) is 1. The molecule has 1 aliphatic heterocycles. The summed E-state index contributed by atoms with van der Waals surface area (Å²) in [7, 11) is 1.63. The number of halogens is 1. The Morgan fingerprint density at radius 3 is 2.71 bits per heavy atom. The Bertz CT molecular complexity index is 448. The molecule has 0 spiro atoms. The van der Waals surface area contributed by atoms with Crippen molar-refractivity contribution in [3.8, 4) is 11.5 Å². The molecule has 0 atom stereocenters. The topological polar surface area (TPSA) is 47.7 Å². The number of hydrogen-bond acceptors (Lipinski definition) is 4. The van der Waals surface area contributed by atoms with Gasteiger partial charge < -0.3 is 20.1 Å². The molecule has 2 N–H and O–H groups in total. The van der Waals surface area contributed by atoms with E-state index in [0.717, 1.165) is 24.9 Å². The van der Waals surface area contributed by atoms with Gasteiger partial charge in [-0.25, -0.2) is 0 Å². The van der Waals surface area contributed by atoms with Crippen LogP contribution in [0.15, 0.2) is 12.1 Å². The van der Waals surface area contributed by atoms with Crippen molar-refractivity contribution in [2.24, 2.45) is 5.73 Å². The third-order valence-electron chi connectivity index (χ3n) is 3.79. The Balaban J connectivity index is 1.88. The fraction of sp³-hybridized carbons (Fsp3) is 0.625. The number of nitrogens with two attached hydrogens (primary N) is 1. The molecule has 0 saturated carbocycles. The molecule has 21 heavy (non-hydrogen) atoms. The number of methoxy groups -OCH3 is 1. The van der Waals surface area contributed by atoms with Gasteiger partial charge in [0.05, 0.1) is 18.7 Å². The van der Waals surface area contributed by atoms with Crippen molar-refractivity contribution in [3.63, 3.8) is 0 Å². The monoisotopic (exact) mass is 312 g/mol. The average molecular weight is 313 g/mol. The van der Waals surface area contributed by atoms with Crippen LogP contribution in [0, 0.1) is 0 Å². The summed E-state index contributed by atoms with van der Waals surface area (Å²) < 4.78 is 11.2. The molecular formula is C16H25ClN2O2. The molecule has 1 aromatic rings. The van der Waals surface area contributed by atoms with Gasteiger partial charge in [0, 0.05) is 6.54 Å². The highest BCUT2D eigenvalue weighted by atomic mass is 35.5. The highest BCUT2D eigenvalue weighted by Gasteiger charge is 2.13. The molecule has 0 bridgehead atoms. The predicted octanol–water partition coefficient (Wildman–Crippen LogP) is 2.71. The van der Waals surface area contributed by atoms with E-state index in [1.807, 2.05) is 12.1 Å². The van der Waals surface area contributed by atoms with Crippen LogP contribution in [-0.2, 0) is 6.42 Å². The minimum atomic E-state index is 0.593. The summed E-state index contributed by atoms with van der Waals surface area (Å²) in [5.74, 6) is 1.33. The van der Waals surface area contributed by atoms with Gasteiger partial charge in [-0.3, -0.25) is 0 Å². The number of nitrogens with zero attached hydrogens (tertiary/aromatic N) is 1. The lowest BCUT2D eigenvalue weighted by Crippen LogP contribution is -2.22. The molecule has 4 nitrogen and oxygen atoms in total. The number of likely N-dealkylation sites (tertiary alicyclic amines) is 1. The molecule has 0 aromatic heterocycles. The van der Waals surface area contributed by atoms with E-state index < -0.39 is 0 Å². The van der Waals surface area contributed by atoms with E-state index in [2.05, 4.69) is 4.90 Å². The molecule has 0 aliphatic carbocycles. The van der Waals surface area contributed by atoms with Crippen molar-refractivity contribution >= 4 is 11.6 Å². The van der Waals surface area contributed by atoms with Crippen molar-refractivity contribution in [1.29, 1.82) is 0 Å². The van der Waals surface area contributed by atoms with Crippen LogP contribution >= 0.6 is 11.6 Å². The first kappa shape index (κ1) is 16.4. The van der Waals surface area contributed by atoms with E-state index in [1.165, 1.54) is 25.9 Å². The van der Waals surface area contributed by atoms with E-state index in [0.29, 0.717) is 29.7 Å². The van der Waals surface area contributed by atoms with E-state index in [-0.39, 0.29) is 0 Å². The van der Waals surface area contributed by atoms with Crippen LogP contribution in [0.25, 0.3) is 0 Å². The normalized spacial score (nSPS) is 15.4. The average Bonchev–Trinajstić information content (AvgIpc) is 2.98. The second-order valence-electron chi connectivity index (χ2n) is 5.40. The van der Waals surface area contributed by atoms with Gasteiger partial charge in [0.15, 0.2) is 11.5 Å². The van der Waals surface area contributed by atoms with Crippen LogP contribution < -0.4 is 15.2 Å². The van der Waals surface area contributed by atoms with Crippen molar-refractivity contribution in [3.05, 3.63) is 22.7 Å². The number of rotatable bonds is 8. The molecular weight excluding hydrogens is 288 g/mol. The van der Waals surface area contributed by atoms with Crippen LogP contribution in [0.2, 0.25) is 5.02 Å². The van der Waals surface area contributed by atoms with Gasteiger partial charge in [0.2, 0.25) is 0 Å². The Labute approximate surface area is 132 Å². The van der Waals surface area contributed by atoms with E-state index in [1.54, 1.807) is 7.11 Å². The summed E-state index contributed by atoms with van der Waals surface area (Å²) >= 11 is 6.30. The van der Waals surface area contributed by atoms with E-state index in [9.17, 15) is 0 Å². The Hall–Kier alpha value is -0.970. The molecule has 118 valence electrons. The first-order valence-corrected chi connectivity index (χ1v) is 8.04. The van der Waals surface area contributed by atoms with Crippen LogP contribution in [0.3, 0.4) is 0 Å². The van der Waals surface area contributed by atoms with Crippen LogP contribution in [0.1, 0.15) is 24.8 Å². The SMILES string of the molecule is COc1cc(CCN)cc(Cl)c1OCCCN1CCCC1. The zero-order chi connectivity index (χ0) is 15.1. The smallest absolute Gasteiger partial charge is 0.179 e. The van der Waals surface area contributed by atoms with Crippen LogP contribution in [0.5, 0.6) is 11.5 Å². The van der Waals surface area contributed by atoms with Crippen LogP contribution in [-0.4, -0.2) is 44.8 Å². The fourth-order valence-corrected chi connectivity index (χ4v) is 2.98. The zero-order valence-electron chi connectivity index (χ0n) is 12.7. The summed E-state index contributed by atoms with van der Waals surface area (Å²) in [6.07, 6.45) is 4.43. The second kappa shape index (κ2) is 8.47. The molecule has 5 heteroatoms. The highest BCUT2D eigenvalue weighted by molar-refractivity contribution is 6.32. The maximum Gasteiger partial charge on any atom is 0.179 e. The Morgan fingerprint density at radius 2 is 2.05 bits per heavy atom. The first-order chi connectivity index (χ1) is 10.2. The van der Waals surface area contributed by atoms with Crippen LogP contribution in [0.4, 0.5) is 0 Å². The number of ether oxygens (including phenoxy) is 2. The second-order valence-corrected chi connectivity index (χ2v) is 5.81. The first-order valence-electron chi connectivity index (χ1n) is 7.66. The fourth-order valence-electron chi connectivity index (χ4n) is 2.69. The standard InChI is InChI=1S/C16H25ClN2O2/c1-20-15-12-13(5-6-18)11-14(17)16(15)21-10-4-9-19-7-2-3-8-19/h11-12H,2-10,18H2,1H3. The molecule has 0 unspecified atom stereocenters. The largest absolute Gasteiger partial charge is 0.493 e. The predicted molar refractivity (Wildman–Crippen MR) is 86.5 cm³/mol. The highest BCUT2D eigenvalue weighted by Crippen LogP contribution is 2.36. The molecule has 1 heterocycles. The third-order valence-corrected chi connectivity index (χ3v) is 4.07. The molecule has 0 amide bonds. The van der Waals surface area contributed by atoms with E-state index in [4.69, 9.17) is 26.8 Å².